The van der Waals surface area contributed by atoms with Crippen LogP contribution in [0.2, 0.25) is 0 Å². The van der Waals surface area contributed by atoms with Crippen molar-refractivity contribution in [2.45, 2.75) is 46.6 Å². The number of hydrogen-bond donors (Lipinski definition) is 1. The number of nitrogens with one attached hydrogen (secondary N) is 1. The van der Waals surface area contributed by atoms with Gasteiger partial charge in [-0.25, -0.2) is 0 Å². The average molecular weight is 260 g/mol. The largest absolute Gasteiger partial charge is 0.324 e. The number of likely N-dealkylation sites (N-methyl/N-ethyl adjacent to an activating group) is 1. The van der Waals surface area contributed by atoms with Gasteiger partial charge in [-0.1, -0.05) is 24.6 Å². The Morgan fingerprint density at radius 3 is 2.53 bits per heavy atom. The fraction of sp³-hybridized carbons (Fsp3) is 0.562. The van der Waals surface area contributed by atoms with Crippen molar-refractivity contribution in [2.24, 2.45) is 0 Å². The Morgan fingerprint density at radius 1 is 1.32 bits per heavy atom. The summed E-state index contributed by atoms with van der Waals surface area (Å²) in [5.74, 6) is 0.148. The summed E-state index contributed by atoms with van der Waals surface area (Å²) >= 11 is 0. The Hall–Kier alpha value is -1.35. The van der Waals surface area contributed by atoms with E-state index in [4.69, 9.17) is 0 Å². The zero-order valence-electron chi connectivity index (χ0n) is 12.4. The molecule has 1 aliphatic heterocycles. The van der Waals surface area contributed by atoms with Gasteiger partial charge in [0.15, 0.2) is 0 Å². The highest BCUT2D eigenvalue weighted by molar-refractivity contribution is 5.96. The molecule has 1 heterocycles. The van der Waals surface area contributed by atoms with E-state index in [0.29, 0.717) is 0 Å². The third kappa shape index (κ3) is 2.98. The maximum Gasteiger partial charge on any atom is 0.241 e. The summed E-state index contributed by atoms with van der Waals surface area (Å²) in [6.45, 7) is 10.3. The first-order chi connectivity index (χ1) is 9.02. The number of rotatable bonds is 3. The molecule has 1 aliphatic rings. The van der Waals surface area contributed by atoms with E-state index in [2.05, 4.69) is 50.0 Å². The molecule has 1 N–H and O–H groups in total. The molecule has 3 heteroatoms. The summed E-state index contributed by atoms with van der Waals surface area (Å²) in [5.41, 5.74) is 4.52. The first-order valence-corrected chi connectivity index (χ1v) is 7.15. The Kier molecular flexibility index (Phi) is 4.25. The molecule has 0 saturated carbocycles. The van der Waals surface area contributed by atoms with Crippen molar-refractivity contribution in [1.29, 1.82) is 0 Å². The van der Waals surface area contributed by atoms with Gasteiger partial charge in [0.2, 0.25) is 5.91 Å². The van der Waals surface area contributed by atoms with Crippen LogP contribution in [0.25, 0.3) is 0 Å². The fourth-order valence-electron chi connectivity index (χ4n) is 3.09. The second kappa shape index (κ2) is 5.74. The van der Waals surface area contributed by atoms with E-state index in [1.807, 2.05) is 0 Å². The number of hydrogen-bond acceptors (Lipinski definition) is 2. The molecule has 1 unspecified atom stereocenters. The molecule has 104 valence electrons. The van der Waals surface area contributed by atoms with E-state index in [9.17, 15) is 4.79 Å². The Labute approximate surface area is 116 Å². The molecule has 1 aromatic rings. The second-order valence-electron chi connectivity index (χ2n) is 5.55. The molecule has 1 fully saturated rings. The zero-order chi connectivity index (χ0) is 14.0. The van der Waals surface area contributed by atoms with Crippen LogP contribution in [-0.4, -0.2) is 29.9 Å². The summed E-state index contributed by atoms with van der Waals surface area (Å²) in [4.78, 5) is 14.7. The molecule has 3 nitrogen and oxygen atoms in total. The number of carbonyl (C=O) groups excluding carboxylic acids is 1. The van der Waals surface area contributed by atoms with Crippen LogP contribution in [0.15, 0.2) is 12.1 Å². The summed E-state index contributed by atoms with van der Waals surface area (Å²) in [6.07, 6.45) is 2.10. The number of amides is 1. The topological polar surface area (TPSA) is 32.3 Å². The van der Waals surface area contributed by atoms with E-state index in [-0.39, 0.29) is 11.9 Å². The van der Waals surface area contributed by atoms with Gasteiger partial charge < -0.3 is 5.32 Å². The van der Waals surface area contributed by atoms with Gasteiger partial charge in [0, 0.05) is 5.69 Å². The minimum atomic E-state index is 0.0464. The molecule has 0 aromatic heterocycles. The van der Waals surface area contributed by atoms with Crippen LogP contribution in [0.5, 0.6) is 0 Å². The Morgan fingerprint density at radius 2 is 1.95 bits per heavy atom. The van der Waals surface area contributed by atoms with Gasteiger partial charge in [0.1, 0.15) is 0 Å². The SMILES string of the molecule is CCN1CCCC1C(=O)Nc1c(C)cc(C)cc1C. The van der Waals surface area contributed by atoms with Crippen LogP contribution in [0.3, 0.4) is 0 Å². The lowest BCUT2D eigenvalue weighted by Crippen LogP contribution is -2.39. The predicted octanol–water partition coefficient (Wildman–Crippen LogP) is 3.03. The number of carbonyl (C=O) groups is 1. The van der Waals surface area contributed by atoms with Gasteiger partial charge in [-0.3, -0.25) is 9.69 Å². The molecule has 1 saturated heterocycles. The number of anilines is 1. The lowest BCUT2D eigenvalue weighted by Gasteiger charge is -2.23. The molecule has 2 rings (SSSR count). The van der Waals surface area contributed by atoms with E-state index in [1.54, 1.807) is 0 Å². The van der Waals surface area contributed by atoms with Crippen LogP contribution < -0.4 is 5.32 Å². The summed E-state index contributed by atoms with van der Waals surface area (Å²) in [5, 5.41) is 3.13. The van der Waals surface area contributed by atoms with E-state index >= 15 is 0 Å². The number of aryl methyl sites for hydroxylation is 3. The predicted molar refractivity (Wildman–Crippen MR) is 79.6 cm³/mol. The average Bonchev–Trinajstić information content (AvgIpc) is 2.81. The lowest BCUT2D eigenvalue weighted by atomic mass is 10.0. The fourth-order valence-corrected chi connectivity index (χ4v) is 3.09. The number of benzene rings is 1. The van der Waals surface area contributed by atoms with Crippen molar-refractivity contribution in [2.75, 3.05) is 18.4 Å². The second-order valence-corrected chi connectivity index (χ2v) is 5.55. The standard InChI is InChI=1S/C16H24N2O/c1-5-18-8-6-7-14(18)16(19)17-15-12(3)9-11(2)10-13(15)4/h9-10,14H,5-8H2,1-4H3,(H,17,19). The quantitative estimate of drug-likeness (QED) is 0.906. The van der Waals surface area contributed by atoms with E-state index in [0.717, 1.165) is 42.7 Å². The van der Waals surface area contributed by atoms with Crippen molar-refractivity contribution in [3.63, 3.8) is 0 Å². The summed E-state index contributed by atoms with van der Waals surface area (Å²) in [6, 6.07) is 4.29. The normalized spacial score (nSPS) is 19.7. The van der Waals surface area contributed by atoms with Gasteiger partial charge in [-0.2, -0.15) is 0 Å². The first-order valence-electron chi connectivity index (χ1n) is 7.15. The van der Waals surface area contributed by atoms with Gasteiger partial charge in [-0.15, -0.1) is 0 Å². The summed E-state index contributed by atoms with van der Waals surface area (Å²) < 4.78 is 0. The molecule has 1 amide bonds. The van der Waals surface area contributed by atoms with Gasteiger partial charge in [-0.05, 0) is 57.8 Å². The van der Waals surface area contributed by atoms with Crippen LogP contribution in [0.1, 0.15) is 36.5 Å². The molecular weight excluding hydrogens is 236 g/mol. The molecule has 0 spiro atoms. The molecule has 1 aromatic carbocycles. The van der Waals surface area contributed by atoms with E-state index < -0.39 is 0 Å². The highest BCUT2D eigenvalue weighted by Gasteiger charge is 2.29. The molecule has 0 aliphatic carbocycles. The molecule has 0 bridgehead atoms. The first kappa shape index (κ1) is 14.1. The van der Waals surface area contributed by atoms with Crippen LogP contribution in [-0.2, 0) is 4.79 Å². The minimum Gasteiger partial charge on any atom is -0.324 e. The third-order valence-electron chi connectivity index (χ3n) is 4.00. The monoisotopic (exact) mass is 260 g/mol. The van der Waals surface area contributed by atoms with Gasteiger partial charge in [0.25, 0.3) is 0 Å². The smallest absolute Gasteiger partial charge is 0.241 e. The third-order valence-corrected chi connectivity index (χ3v) is 4.00. The number of likely N-dealkylation sites (tertiary alicyclic amines) is 1. The van der Waals surface area contributed by atoms with Crippen molar-refractivity contribution in [3.8, 4) is 0 Å². The van der Waals surface area contributed by atoms with Crippen LogP contribution in [0.4, 0.5) is 5.69 Å². The zero-order valence-corrected chi connectivity index (χ0v) is 12.4. The van der Waals surface area contributed by atoms with Crippen molar-refractivity contribution in [3.05, 3.63) is 28.8 Å². The molecule has 0 radical (unpaired) electrons. The molecule has 1 atom stereocenters. The molecular formula is C16H24N2O. The van der Waals surface area contributed by atoms with Crippen molar-refractivity contribution in [1.82, 2.24) is 4.90 Å². The lowest BCUT2D eigenvalue weighted by molar-refractivity contribution is -0.120. The van der Waals surface area contributed by atoms with E-state index in [1.165, 1.54) is 5.56 Å². The van der Waals surface area contributed by atoms with Gasteiger partial charge in [0.05, 0.1) is 6.04 Å². The Bertz CT molecular complexity index is 459. The van der Waals surface area contributed by atoms with Crippen LogP contribution >= 0.6 is 0 Å². The Balaban J connectivity index is 2.15. The maximum absolute atomic E-state index is 12.4. The minimum absolute atomic E-state index is 0.0464. The number of nitrogens with zero attached hydrogens (tertiary/aromatic N) is 1. The van der Waals surface area contributed by atoms with Crippen LogP contribution in [0, 0.1) is 20.8 Å². The highest BCUT2D eigenvalue weighted by atomic mass is 16.2. The van der Waals surface area contributed by atoms with Crippen molar-refractivity contribution >= 4 is 11.6 Å². The highest BCUT2D eigenvalue weighted by Crippen LogP contribution is 2.24. The van der Waals surface area contributed by atoms with Gasteiger partial charge >= 0.3 is 0 Å². The molecule has 19 heavy (non-hydrogen) atoms. The van der Waals surface area contributed by atoms with Crippen molar-refractivity contribution < 1.29 is 4.79 Å². The summed E-state index contributed by atoms with van der Waals surface area (Å²) in [7, 11) is 0. The maximum atomic E-state index is 12.4.